The summed E-state index contributed by atoms with van der Waals surface area (Å²) in [5.41, 5.74) is 1.12. The predicted molar refractivity (Wildman–Crippen MR) is 34.1 cm³/mol. The highest BCUT2D eigenvalue weighted by atomic mass is 16.5. The molecule has 46 valence electrons. The molecule has 1 N–H and O–H groups in total. The van der Waals surface area contributed by atoms with Crippen LogP contribution in [0.5, 0.6) is 0 Å². The largest absolute Gasteiger partial charge is 0.471 e. The Labute approximate surface area is 53.5 Å². The molecule has 2 aliphatic heterocycles. The number of hydrogen-bond acceptors (Lipinski definition) is 2. The smallest absolute Gasteiger partial charge is 0.110 e. The number of allylic oxidation sites excluding steroid dienone is 1. The van der Waals surface area contributed by atoms with Gasteiger partial charge in [0.2, 0.25) is 0 Å². The Morgan fingerprint density at radius 1 is 1.44 bits per heavy atom. The molecule has 2 heteroatoms. The van der Waals surface area contributed by atoms with Crippen LogP contribution in [-0.2, 0) is 4.74 Å². The highest BCUT2D eigenvalue weighted by Crippen LogP contribution is 2.20. The van der Waals surface area contributed by atoms with Crippen LogP contribution in [0.25, 0.3) is 0 Å². The van der Waals surface area contributed by atoms with Crippen molar-refractivity contribution in [2.45, 2.75) is 0 Å². The van der Waals surface area contributed by atoms with E-state index in [-0.39, 0.29) is 0 Å². The van der Waals surface area contributed by atoms with Gasteiger partial charge in [-0.3, -0.25) is 0 Å². The third-order valence-corrected chi connectivity index (χ3v) is 1.47. The first-order chi connectivity index (χ1) is 4.47. The fourth-order valence-electron chi connectivity index (χ4n) is 0.971. The van der Waals surface area contributed by atoms with Gasteiger partial charge in [-0.05, 0) is 12.3 Å². The highest BCUT2D eigenvalue weighted by molar-refractivity contribution is 5.25. The van der Waals surface area contributed by atoms with Gasteiger partial charge in [0.05, 0.1) is 12.0 Å². The second-order valence-electron chi connectivity index (χ2n) is 2.07. The van der Waals surface area contributed by atoms with Crippen LogP contribution in [-0.4, -0.2) is 0 Å². The third kappa shape index (κ3) is 0.633. The molecule has 0 aromatic heterocycles. The molecule has 9 heavy (non-hydrogen) atoms. The topological polar surface area (TPSA) is 21.3 Å². The van der Waals surface area contributed by atoms with Gasteiger partial charge >= 0.3 is 0 Å². The van der Waals surface area contributed by atoms with Crippen LogP contribution in [0.1, 0.15) is 0 Å². The van der Waals surface area contributed by atoms with Gasteiger partial charge in [-0.15, -0.1) is 0 Å². The molecule has 2 nitrogen and oxygen atoms in total. The fraction of sp³-hybridized carbons (Fsp3) is 0.143. The summed E-state index contributed by atoms with van der Waals surface area (Å²) < 4.78 is 4.94. The van der Waals surface area contributed by atoms with Crippen molar-refractivity contribution < 1.29 is 4.74 Å². The predicted octanol–water partition coefficient (Wildman–Crippen LogP) is 1.10. The van der Waals surface area contributed by atoms with E-state index in [4.69, 9.17) is 4.74 Å². The molecule has 0 spiro atoms. The third-order valence-electron chi connectivity index (χ3n) is 1.47. The number of ether oxygens (including phenoxy) is 1. The summed E-state index contributed by atoms with van der Waals surface area (Å²) in [5.74, 6) is 0.429. The zero-order chi connectivity index (χ0) is 6.10. The maximum atomic E-state index is 4.94. The average molecular weight is 121 g/mol. The van der Waals surface area contributed by atoms with Crippen molar-refractivity contribution in [3.8, 4) is 0 Å². The first-order valence-electron chi connectivity index (χ1n) is 2.92. The molecule has 0 radical (unpaired) electrons. The second kappa shape index (κ2) is 1.65. The molecule has 0 aromatic rings. The molecule has 0 fully saturated rings. The van der Waals surface area contributed by atoms with E-state index in [1.807, 2.05) is 12.3 Å². The van der Waals surface area contributed by atoms with Crippen LogP contribution >= 0.6 is 0 Å². The molecule has 0 saturated carbocycles. The van der Waals surface area contributed by atoms with E-state index in [0.717, 1.165) is 5.70 Å². The van der Waals surface area contributed by atoms with Gasteiger partial charge in [-0.25, -0.2) is 0 Å². The van der Waals surface area contributed by atoms with E-state index >= 15 is 0 Å². The quantitative estimate of drug-likeness (QED) is 0.518. The Hall–Kier alpha value is -1.18. The van der Waals surface area contributed by atoms with Crippen molar-refractivity contribution in [3.05, 3.63) is 36.6 Å². The summed E-state index contributed by atoms with van der Waals surface area (Å²) in [7, 11) is 0. The lowest BCUT2D eigenvalue weighted by Crippen LogP contribution is -2.07. The van der Waals surface area contributed by atoms with Crippen LogP contribution in [0.2, 0.25) is 0 Å². The van der Waals surface area contributed by atoms with E-state index in [1.54, 1.807) is 12.5 Å². The van der Waals surface area contributed by atoms with Crippen molar-refractivity contribution in [3.63, 3.8) is 0 Å². The highest BCUT2D eigenvalue weighted by Gasteiger charge is 2.14. The minimum Gasteiger partial charge on any atom is -0.471 e. The maximum Gasteiger partial charge on any atom is 0.110 e. The summed E-state index contributed by atoms with van der Waals surface area (Å²) in [6.07, 6.45) is 9.45. The minimum atomic E-state index is 0.429. The van der Waals surface area contributed by atoms with Gasteiger partial charge in [0.15, 0.2) is 0 Å². The summed E-state index contributed by atoms with van der Waals surface area (Å²) in [4.78, 5) is 0. The van der Waals surface area contributed by atoms with Crippen molar-refractivity contribution in [2.24, 2.45) is 5.92 Å². The van der Waals surface area contributed by atoms with E-state index in [9.17, 15) is 0 Å². The van der Waals surface area contributed by atoms with E-state index in [0.29, 0.717) is 5.92 Å². The Balaban J connectivity index is 2.29. The summed E-state index contributed by atoms with van der Waals surface area (Å²) in [5, 5.41) is 3.06. The molecule has 0 bridgehead atoms. The van der Waals surface area contributed by atoms with Crippen molar-refractivity contribution in [2.75, 3.05) is 0 Å². The molecule has 2 heterocycles. The maximum absolute atomic E-state index is 4.94. The molecule has 0 saturated heterocycles. The molecule has 0 amide bonds. The Bertz CT molecular complexity index is 203. The van der Waals surface area contributed by atoms with Crippen LogP contribution in [0, 0.1) is 5.92 Å². The molecular weight excluding hydrogens is 114 g/mol. The second-order valence-corrected chi connectivity index (χ2v) is 2.07. The minimum absolute atomic E-state index is 0.429. The Morgan fingerprint density at radius 2 is 2.44 bits per heavy atom. The van der Waals surface area contributed by atoms with Gasteiger partial charge in [0.25, 0.3) is 0 Å². The van der Waals surface area contributed by atoms with Crippen LogP contribution in [0.3, 0.4) is 0 Å². The summed E-state index contributed by atoms with van der Waals surface area (Å²) >= 11 is 0. The number of hydrogen-bond donors (Lipinski definition) is 1. The van der Waals surface area contributed by atoms with E-state index in [1.165, 1.54) is 0 Å². The zero-order valence-corrected chi connectivity index (χ0v) is 4.87. The number of rotatable bonds is 0. The van der Waals surface area contributed by atoms with Crippen molar-refractivity contribution in [1.82, 2.24) is 5.32 Å². The zero-order valence-electron chi connectivity index (χ0n) is 4.87. The van der Waals surface area contributed by atoms with Gasteiger partial charge in [0, 0.05) is 5.92 Å². The first-order valence-corrected chi connectivity index (χ1v) is 2.92. The number of fused-ring (bicyclic) bond motifs is 1. The van der Waals surface area contributed by atoms with Crippen LogP contribution in [0.4, 0.5) is 0 Å². The summed E-state index contributed by atoms with van der Waals surface area (Å²) in [6.45, 7) is 0. The molecular formula is C7H7NO. The SMILES string of the molecule is C1=CC2C=COC=C2N1. The lowest BCUT2D eigenvalue weighted by atomic mass is 10.1. The van der Waals surface area contributed by atoms with Gasteiger partial charge in [0.1, 0.15) is 6.26 Å². The normalized spacial score (nSPS) is 28.4. The molecule has 1 atom stereocenters. The van der Waals surface area contributed by atoms with Gasteiger partial charge in [-0.2, -0.15) is 0 Å². The van der Waals surface area contributed by atoms with Gasteiger partial charge in [-0.1, -0.05) is 6.08 Å². The Kier molecular flexibility index (Phi) is 0.859. The molecule has 2 rings (SSSR count). The van der Waals surface area contributed by atoms with Crippen molar-refractivity contribution in [1.29, 1.82) is 0 Å². The van der Waals surface area contributed by atoms with E-state index < -0.39 is 0 Å². The molecule has 1 unspecified atom stereocenters. The van der Waals surface area contributed by atoms with E-state index in [2.05, 4.69) is 11.4 Å². The van der Waals surface area contributed by atoms with Crippen molar-refractivity contribution >= 4 is 0 Å². The standard InChI is InChI=1S/C7H7NO/c1-3-8-7-5-9-4-2-6(1)7/h1-6,8H. The molecule has 0 aromatic carbocycles. The molecule has 2 aliphatic rings. The van der Waals surface area contributed by atoms with Crippen LogP contribution < -0.4 is 5.32 Å². The van der Waals surface area contributed by atoms with Crippen LogP contribution in [0.15, 0.2) is 36.6 Å². The molecule has 0 aliphatic carbocycles. The lowest BCUT2D eigenvalue weighted by Gasteiger charge is -2.09. The summed E-state index contributed by atoms with van der Waals surface area (Å²) in [6, 6.07) is 0. The lowest BCUT2D eigenvalue weighted by molar-refractivity contribution is 0.379. The Morgan fingerprint density at radius 3 is 3.33 bits per heavy atom. The monoisotopic (exact) mass is 121 g/mol. The van der Waals surface area contributed by atoms with Gasteiger partial charge < -0.3 is 10.1 Å². The average Bonchev–Trinajstić information content (AvgIpc) is 2.33. The number of nitrogens with one attached hydrogen (secondary N) is 1. The fourth-order valence-corrected chi connectivity index (χ4v) is 0.971. The first kappa shape index (κ1) is 4.68.